The maximum atomic E-state index is 6.03. The fraction of sp³-hybridized carbons (Fsp3) is 0.467. The fourth-order valence-electron chi connectivity index (χ4n) is 2.86. The highest BCUT2D eigenvalue weighted by atomic mass is 35.5. The lowest BCUT2D eigenvalue weighted by Gasteiger charge is -2.31. The Labute approximate surface area is 131 Å². The van der Waals surface area contributed by atoms with E-state index in [9.17, 15) is 0 Å². The van der Waals surface area contributed by atoms with Crippen LogP contribution in [-0.4, -0.2) is 41.0 Å². The zero-order valence-corrected chi connectivity index (χ0v) is 13.1. The number of nitrogens with one attached hydrogen (secondary N) is 1. The molecule has 6 heteroatoms. The highest BCUT2D eigenvalue weighted by Gasteiger charge is 2.19. The van der Waals surface area contributed by atoms with Gasteiger partial charge in [0.25, 0.3) is 0 Å². The van der Waals surface area contributed by atoms with Crippen LogP contribution in [0.5, 0.6) is 0 Å². The maximum Gasteiger partial charge on any atom is 0.145 e. The molecule has 3 rings (SSSR count). The van der Waals surface area contributed by atoms with E-state index in [0.717, 1.165) is 36.4 Å². The quantitative estimate of drug-likeness (QED) is 0.905. The van der Waals surface area contributed by atoms with Crippen LogP contribution in [0, 0.1) is 0 Å². The van der Waals surface area contributed by atoms with Crippen molar-refractivity contribution in [2.24, 2.45) is 0 Å². The molecule has 2 aromatic rings. The molecule has 1 atom stereocenters. The van der Waals surface area contributed by atoms with E-state index in [4.69, 9.17) is 5.73 Å². The molecule has 0 bridgehead atoms. The lowest BCUT2D eigenvalue weighted by molar-refractivity contribution is 0.184. The van der Waals surface area contributed by atoms with E-state index < -0.39 is 0 Å². The number of nitrogens with two attached hydrogens (primary N) is 1. The van der Waals surface area contributed by atoms with E-state index in [2.05, 4.69) is 20.2 Å². The normalized spacial score (nSPS) is 19.4. The first-order chi connectivity index (χ1) is 9.76. The SMILES string of the molecule is CNC1CCCN(Cc2nc(N)c3ccccc3n2)C1.Cl. The van der Waals surface area contributed by atoms with Crippen molar-refractivity contribution in [2.75, 3.05) is 25.9 Å². The van der Waals surface area contributed by atoms with Gasteiger partial charge in [0.05, 0.1) is 12.1 Å². The Hall–Kier alpha value is -1.43. The second-order valence-electron chi connectivity index (χ2n) is 5.41. The molecule has 2 heterocycles. The number of fused-ring (bicyclic) bond motifs is 1. The Kier molecular flexibility index (Phi) is 5.33. The minimum atomic E-state index is 0. The number of likely N-dealkylation sites (N-methyl/N-ethyl adjacent to an activating group) is 1. The van der Waals surface area contributed by atoms with Crippen molar-refractivity contribution in [3.8, 4) is 0 Å². The molecule has 1 fully saturated rings. The molecule has 5 nitrogen and oxygen atoms in total. The van der Waals surface area contributed by atoms with Crippen LogP contribution < -0.4 is 11.1 Å². The van der Waals surface area contributed by atoms with Gasteiger partial charge in [-0.1, -0.05) is 12.1 Å². The molecule has 1 aliphatic heterocycles. The van der Waals surface area contributed by atoms with Gasteiger partial charge in [0.2, 0.25) is 0 Å². The average Bonchev–Trinajstić information content (AvgIpc) is 2.47. The molecule has 3 N–H and O–H groups in total. The fourth-order valence-corrected chi connectivity index (χ4v) is 2.86. The highest BCUT2D eigenvalue weighted by Crippen LogP contribution is 2.18. The highest BCUT2D eigenvalue weighted by molar-refractivity contribution is 5.87. The van der Waals surface area contributed by atoms with Crippen molar-refractivity contribution in [1.82, 2.24) is 20.2 Å². The lowest BCUT2D eigenvalue weighted by Crippen LogP contribution is -2.44. The lowest BCUT2D eigenvalue weighted by atomic mass is 10.1. The van der Waals surface area contributed by atoms with Crippen LogP contribution in [0.2, 0.25) is 0 Å². The van der Waals surface area contributed by atoms with Gasteiger partial charge < -0.3 is 11.1 Å². The molecule has 0 spiro atoms. The molecule has 1 aromatic heterocycles. The minimum absolute atomic E-state index is 0. The van der Waals surface area contributed by atoms with Gasteiger partial charge in [0, 0.05) is 18.0 Å². The first-order valence-corrected chi connectivity index (χ1v) is 7.17. The number of nitrogens with zero attached hydrogens (tertiary/aromatic N) is 3. The van der Waals surface area contributed by atoms with Gasteiger partial charge >= 0.3 is 0 Å². The van der Waals surface area contributed by atoms with Gasteiger partial charge in [-0.25, -0.2) is 9.97 Å². The van der Waals surface area contributed by atoms with Gasteiger partial charge in [0.15, 0.2) is 0 Å². The first-order valence-electron chi connectivity index (χ1n) is 7.17. The standard InChI is InChI=1S/C15H21N5.ClH/c1-17-11-5-4-8-20(9-11)10-14-18-13-7-3-2-6-12(13)15(16)19-14;/h2-3,6-7,11,17H,4-5,8-10H2,1H3,(H2,16,18,19);1H. The second kappa shape index (κ2) is 7.02. The van der Waals surface area contributed by atoms with Crippen molar-refractivity contribution < 1.29 is 0 Å². The third kappa shape index (κ3) is 3.61. The third-order valence-corrected chi connectivity index (χ3v) is 3.96. The van der Waals surface area contributed by atoms with E-state index in [1.54, 1.807) is 0 Å². The van der Waals surface area contributed by atoms with Gasteiger partial charge in [-0.3, -0.25) is 4.90 Å². The number of likely N-dealkylation sites (tertiary alicyclic amines) is 1. The van der Waals surface area contributed by atoms with Crippen LogP contribution in [0.1, 0.15) is 18.7 Å². The van der Waals surface area contributed by atoms with Gasteiger partial charge in [-0.2, -0.15) is 0 Å². The monoisotopic (exact) mass is 307 g/mol. The molecule has 0 radical (unpaired) electrons. The number of benzene rings is 1. The first kappa shape index (κ1) is 15.9. The predicted octanol–water partition coefficient (Wildman–Crippen LogP) is 1.82. The summed E-state index contributed by atoms with van der Waals surface area (Å²) in [7, 11) is 2.03. The predicted molar refractivity (Wildman–Crippen MR) is 88.6 cm³/mol. The van der Waals surface area contributed by atoms with E-state index in [0.29, 0.717) is 11.9 Å². The number of nitrogen functional groups attached to an aromatic ring is 1. The average molecular weight is 308 g/mol. The van der Waals surface area contributed by atoms with Crippen molar-refractivity contribution in [3.63, 3.8) is 0 Å². The van der Waals surface area contributed by atoms with E-state index in [1.165, 1.54) is 12.8 Å². The smallest absolute Gasteiger partial charge is 0.145 e. The number of hydrogen-bond acceptors (Lipinski definition) is 5. The van der Waals surface area contributed by atoms with Gasteiger partial charge in [-0.15, -0.1) is 12.4 Å². The molecule has 114 valence electrons. The Morgan fingerprint density at radius 3 is 2.95 bits per heavy atom. The number of halogens is 1. The number of hydrogen-bond donors (Lipinski definition) is 2. The van der Waals surface area contributed by atoms with Gasteiger partial charge in [-0.05, 0) is 38.6 Å². The van der Waals surface area contributed by atoms with E-state index in [1.807, 2.05) is 31.3 Å². The molecule has 0 amide bonds. The van der Waals surface area contributed by atoms with Crippen molar-refractivity contribution >= 4 is 29.1 Å². The number of aromatic nitrogens is 2. The zero-order chi connectivity index (χ0) is 13.9. The Balaban J connectivity index is 0.00000161. The van der Waals surface area contributed by atoms with Crippen LogP contribution >= 0.6 is 12.4 Å². The second-order valence-corrected chi connectivity index (χ2v) is 5.41. The number of rotatable bonds is 3. The van der Waals surface area contributed by atoms with Crippen LogP contribution in [0.3, 0.4) is 0 Å². The van der Waals surface area contributed by atoms with E-state index >= 15 is 0 Å². The number of para-hydroxylation sites is 1. The summed E-state index contributed by atoms with van der Waals surface area (Å²) in [5.74, 6) is 1.39. The van der Waals surface area contributed by atoms with Crippen LogP contribution in [0.15, 0.2) is 24.3 Å². The molecular weight excluding hydrogens is 286 g/mol. The Morgan fingerprint density at radius 1 is 1.33 bits per heavy atom. The molecular formula is C15H22ClN5. The Bertz CT molecular complexity index is 604. The molecule has 21 heavy (non-hydrogen) atoms. The summed E-state index contributed by atoms with van der Waals surface area (Å²) >= 11 is 0. The topological polar surface area (TPSA) is 67.1 Å². The molecule has 1 aromatic carbocycles. The summed E-state index contributed by atoms with van der Waals surface area (Å²) in [5, 5.41) is 4.29. The molecule has 1 saturated heterocycles. The maximum absolute atomic E-state index is 6.03. The van der Waals surface area contributed by atoms with E-state index in [-0.39, 0.29) is 12.4 Å². The van der Waals surface area contributed by atoms with Crippen LogP contribution in [0.25, 0.3) is 10.9 Å². The third-order valence-electron chi connectivity index (χ3n) is 3.96. The van der Waals surface area contributed by atoms with Gasteiger partial charge in [0.1, 0.15) is 11.6 Å². The van der Waals surface area contributed by atoms with Crippen molar-refractivity contribution in [1.29, 1.82) is 0 Å². The summed E-state index contributed by atoms with van der Waals surface area (Å²) in [6.07, 6.45) is 2.46. The van der Waals surface area contributed by atoms with Crippen LogP contribution in [-0.2, 0) is 6.54 Å². The largest absolute Gasteiger partial charge is 0.383 e. The molecule has 1 unspecified atom stereocenters. The molecule has 1 aliphatic rings. The van der Waals surface area contributed by atoms with Crippen molar-refractivity contribution in [3.05, 3.63) is 30.1 Å². The summed E-state index contributed by atoms with van der Waals surface area (Å²) in [5.41, 5.74) is 6.96. The Morgan fingerprint density at radius 2 is 2.14 bits per heavy atom. The summed E-state index contributed by atoms with van der Waals surface area (Å²) in [6, 6.07) is 8.47. The molecule has 0 saturated carbocycles. The van der Waals surface area contributed by atoms with Crippen molar-refractivity contribution in [2.45, 2.75) is 25.4 Å². The number of anilines is 1. The summed E-state index contributed by atoms with van der Waals surface area (Å²) < 4.78 is 0. The number of piperidine rings is 1. The summed E-state index contributed by atoms with van der Waals surface area (Å²) in [4.78, 5) is 11.5. The zero-order valence-electron chi connectivity index (χ0n) is 12.2. The van der Waals surface area contributed by atoms with Crippen LogP contribution in [0.4, 0.5) is 5.82 Å². The summed E-state index contributed by atoms with van der Waals surface area (Å²) in [6.45, 7) is 2.92. The molecule has 0 aliphatic carbocycles. The minimum Gasteiger partial charge on any atom is -0.383 e.